The molecule has 2 heterocycles. The number of nitrogens with zero attached hydrogens (tertiary/aromatic N) is 4. The third kappa shape index (κ3) is 2.77. The molecule has 1 unspecified atom stereocenters. The van der Waals surface area contributed by atoms with Crippen LogP contribution in [-0.2, 0) is 6.54 Å². The average Bonchev–Trinajstić information content (AvgIpc) is 2.71. The Morgan fingerprint density at radius 3 is 3.00 bits per heavy atom. The monoisotopic (exact) mass is 203 g/mol. The van der Waals surface area contributed by atoms with E-state index in [1.807, 2.05) is 16.8 Å². The van der Waals surface area contributed by atoms with E-state index in [0.717, 1.165) is 12.4 Å². The van der Waals surface area contributed by atoms with Crippen LogP contribution in [0.1, 0.15) is 6.92 Å². The second-order valence-electron chi connectivity index (χ2n) is 3.40. The maximum Gasteiger partial charge on any atom is 0.129 e. The summed E-state index contributed by atoms with van der Waals surface area (Å²) in [4.78, 5) is 12.0. The van der Waals surface area contributed by atoms with E-state index in [2.05, 4.69) is 27.2 Å². The molecule has 0 saturated carbocycles. The van der Waals surface area contributed by atoms with E-state index in [4.69, 9.17) is 0 Å². The van der Waals surface area contributed by atoms with Gasteiger partial charge in [-0.25, -0.2) is 15.0 Å². The number of rotatable bonds is 4. The highest BCUT2D eigenvalue weighted by molar-refractivity contribution is 5.32. The quantitative estimate of drug-likeness (QED) is 0.810. The van der Waals surface area contributed by atoms with Gasteiger partial charge in [-0.2, -0.15) is 0 Å². The minimum Gasteiger partial charge on any atom is -0.366 e. The van der Waals surface area contributed by atoms with Crippen molar-refractivity contribution in [2.75, 3.05) is 5.32 Å². The van der Waals surface area contributed by atoms with Gasteiger partial charge in [0.1, 0.15) is 12.1 Å². The molecule has 0 aromatic carbocycles. The molecule has 0 amide bonds. The molecule has 0 spiro atoms. The average molecular weight is 203 g/mol. The van der Waals surface area contributed by atoms with Crippen molar-refractivity contribution in [3.05, 3.63) is 37.3 Å². The minimum atomic E-state index is 0.300. The van der Waals surface area contributed by atoms with E-state index in [1.165, 1.54) is 6.33 Å². The summed E-state index contributed by atoms with van der Waals surface area (Å²) in [5.74, 6) is 0.845. The van der Waals surface area contributed by atoms with Gasteiger partial charge in [0.2, 0.25) is 0 Å². The van der Waals surface area contributed by atoms with Gasteiger partial charge in [-0.1, -0.05) is 0 Å². The van der Waals surface area contributed by atoms with Gasteiger partial charge in [0.15, 0.2) is 0 Å². The summed E-state index contributed by atoms with van der Waals surface area (Å²) in [5, 5.41) is 3.28. The zero-order chi connectivity index (χ0) is 10.5. The standard InChI is InChI=1S/C10H13N5/c1-9(6-15-5-4-12-8-15)14-10-2-3-11-7-13-10/h2-5,7-9H,6H2,1H3,(H,11,13,14). The lowest BCUT2D eigenvalue weighted by atomic mass is 10.3. The zero-order valence-corrected chi connectivity index (χ0v) is 8.54. The van der Waals surface area contributed by atoms with Crippen molar-refractivity contribution in [3.63, 3.8) is 0 Å². The molecule has 5 heteroatoms. The van der Waals surface area contributed by atoms with E-state index in [0.29, 0.717) is 6.04 Å². The van der Waals surface area contributed by atoms with E-state index >= 15 is 0 Å². The highest BCUT2D eigenvalue weighted by Crippen LogP contribution is 2.02. The van der Waals surface area contributed by atoms with Crippen molar-refractivity contribution >= 4 is 5.82 Å². The Bertz CT molecular complexity index is 383. The molecule has 0 saturated heterocycles. The maximum atomic E-state index is 4.10. The normalized spacial score (nSPS) is 12.3. The number of aromatic nitrogens is 4. The molecule has 0 fully saturated rings. The molecular formula is C10H13N5. The molecule has 2 aromatic rings. The van der Waals surface area contributed by atoms with E-state index in [9.17, 15) is 0 Å². The summed E-state index contributed by atoms with van der Waals surface area (Å²) in [7, 11) is 0. The van der Waals surface area contributed by atoms with Gasteiger partial charge >= 0.3 is 0 Å². The predicted molar refractivity (Wildman–Crippen MR) is 57.3 cm³/mol. The first kappa shape index (κ1) is 9.64. The van der Waals surface area contributed by atoms with Crippen LogP contribution in [0.5, 0.6) is 0 Å². The van der Waals surface area contributed by atoms with Gasteiger partial charge in [-0.05, 0) is 13.0 Å². The van der Waals surface area contributed by atoms with Crippen LogP contribution in [0.4, 0.5) is 5.82 Å². The van der Waals surface area contributed by atoms with Crippen LogP contribution in [0.3, 0.4) is 0 Å². The predicted octanol–water partition coefficient (Wildman–Crippen LogP) is 1.17. The number of hydrogen-bond acceptors (Lipinski definition) is 4. The Labute approximate surface area is 88.2 Å². The molecule has 0 aliphatic carbocycles. The molecular weight excluding hydrogens is 190 g/mol. The largest absolute Gasteiger partial charge is 0.366 e. The number of hydrogen-bond donors (Lipinski definition) is 1. The van der Waals surface area contributed by atoms with Crippen molar-refractivity contribution in [1.29, 1.82) is 0 Å². The molecule has 0 bridgehead atoms. The first-order chi connectivity index (χ1) is 7.34. The van der Waals surface area contributed by atoms with Crippen LogP contribution >= 0.6 is 0 Å². The van der Waals surface area contributed by atoms with Gasteiger partial charge in [0, 0.05) is 31.2 Å². The summed E-state index contributed by atoms with van der Waals surface area (Å²) >= 11 is 0. The number of nitrogens with one attached hydrogen (secondary N) is 1. The Kier molecular flexibility index (Phi) is 2.92. The SMILES string of the molecule is CC(Cn1ccnc1)Nc1ccncn1. The van der Waals surface area contributed by atoms with Crippen LogP contribution < -0.4 is 5.32 Å². The zero-order valence-electron chi connectivity index (χ0n) is 8.54. The van der Waals surface area contributed by atoms with Crippen LogP contribution in [0.2, 0.25) is 0 Å². The van der Waals surface area contributed by atoms with E-state index in [1.54, 1.807) is 18.7 Å². The Hall–Kier alpha value is -1.91. The fourth-order valence-electron chi connectivity index (χ4n) is 1.39. The summed E-state index contributed by atoms with van der Waals surface area (Å²) in [6.45, 7) is 2.96. The third-order valence-electron chi connectivity index (χ3n) is 2.02. The summed E-state index contributed by atoms with van der Waals surface area (Å²) < 4.78 is 2.03. The lowest BCUT2D eigenvalue weighted by Gasteiger charge is -2.14. The third-order valence-corrected chi connectivity index (χ3v) is 2.02. The highest BCUT2D eigenvalue weighted by Gasteiger charge is 2.02. The van der Waals surface area contributed by atoms with Gasteiger partial charge in [0.05, 0.1) is 6.33 Å². The molecule has 0 radical (unpaired) electrons. The van der Waals surface area contributed by atoms with Crippen LogP contribution in [0.15, 0.2) is 37.3 Å². The minimum absolute atomic E-state index is 0.300. The van der Waals surface area contributed by atoms with Gasteiger partial charge in [0.25, 0.3) is 0 Å². The molecule has 0 aliphatic heterocycles. The van der Waals surface area contributed by atoms with Gasteiger partial charge in [-0.15, -0.1) is 0 Å². The molecule has 1 atom stereocenters. The molecule has 0 aliphatic rings. The van der Waals surface area contributed by atoms with E-state index < -0.39 is 0 Å². The fraction of sp³-hybridized carbons (Fsp3) is 0.300. The van der Waals surface area contributed by atoms with Crippen molar-refractivity contribution < 1.29 is 0 Å². The van der Waals surface area contributed by atoms with Gasteiger partial charge < -0.3 is 9.88 Å². The van der Waals surface area contributed by atoms with Crippen molar-refractivity contribution in [2.24, 2.45) is 0 Å². The van der Waals surface area contributed by atoms with E-state index in [-0.39, 0.29) is 0 Å². The van der Waals surface area contributed by atoms with Crippen LogP contribution in [0.25, 0.3) is 0 Å². The lowest BCUT2D eigenvalue weighted by Crippen LogP contribution is -2.21. The molecule has 2 aromatic heterocycles. The second kappa shape index (κ2) is 4.54. The Morgan fingerprint density at radius 2 is 2.33 bits per heavy atom. The van der Waals surface area contributed by atoms with Gasteiger partial charge in [-0.3, -0.25) is 0 Å². The molecule has 15 heavy (non-hydrogen) atoms. The Balaban J connectivity index is 1.90. The summed E-state index contributed by atoms with van der Waals surface area (Å²) in [5.41, 5.74) is 0. The van der Waals surface area contributed by atoms with Crippen molar-refractivity contribution in [2.45, 2.75) is 19.5 Å². The first-order valence-electron chi connectivity index (χ1n) is 4.83. The summed E-state index contributed by atoms with van der Waals surface area (Å²) in [6.07, 6.45) is 8.78. The van der Waals surface area contributed by atoms with Crippen LogP contribution in [0, 0.1) is 0 Å². The number of imidazole rings is 1. The number of anilines is 1. The fourth-order valence-corrected chi connectivity index (χ4v) is 1.39. The second-order valence-corrected chi connectivity index (χ2v) is 3.40. The van der Waals surface area contributed by atoms with Crippen molar-refractivity contribution in [3.8, 4) is 0 Å². The lowest BCUT2D eigenvalue weighted by molar-refractivity contribution is 0.617. The molecule has 2 rings (SSSR count). The maximum absolute atomic E-state index is 4.10. The molecule has 5 nitrogen and oxygen atoms in total. The summed E-state index contributed by atoms with van der Waals surface area (Å²) in [6, 6.07) is 2.15. The van der Waals surface area contributed by atoms with Crippen molar-refractivity contribution in [1.82, 2.24) is 19.5 Å². The molecule has 1 N–H and O–H groups in total. The smallest absolute Gasteiger partial charge is 0.129 e. The van der Waals surface area contributed by atoms with Crippen LogP contribution in [-0.4, -0.2) is 25.6 Å². The highest BCUT2D eigenvalue weighted by atomic mass is 15.1. The Morgan fingerprint density at radius 1 is 1.40 bits per heavy atom. The topological polar surface area (TPSA) is 55.6 Å². The first-order valence-corrected chi connectivity index (χ1v) is 4.83. The molecule has 78 valence electrons.